The van der Waals surface area contributed by atoms with Crippen LogP contribution in [0, 0.1) is 0 Å². The molecule has 4 heteroatoms. The fraction of sp³-hybridized carbons (Fsp3) is 0.933. The molecule has 0 saturated heterocycles. The van der Waals surface area contributed by atoms with Gasteiger partial charge in [-0.2, -0.15) is 0 Å². The molecule has 112 valence electrons. The molecule has 1 aliphatic carbocycles. The first-order chi connectivity index (χ1) is 9.14. The zero-order valence-corrected chi connectivity index (χ0v) is 12.5. The first-order valence-corrected chi connectivity index (χ1v) is 7.75. The summed E-state index contributed by atoms with van der Waals surface area (Å²) in [6.07, 6.45) is 10.0. The number of unbranched alkanes of at least 4 members (excludes halogenated alkanes) is 4. The number of hydrogen-bond acceptors (Lipinski definition) is 3. The van der Waals surface area contributed by atoms with E-state index in [0.29, 0.717) is 6.42 Å². The van der Waals surface area contributed by atoms with Crippen LogP contribution in [0.15, 0.2) is 0 Å². The van der Waals surface area contributed by atoms with Crippen LogP contribution in [-0.2, 0) is 9.53 Å². The molecule has 0 aromatic carbocycles. The van der Waals surface area contributed by atoms with Crippen LogP contribution in [0.5, 0.6) is 0 Å². The highest BCUT2D eigenvalue weighted by atomic mass is 16.5. The van der Waals surface area contributed by atoms with Gasteiger partial charge in [-0.05, 0) is 32.7 Å². The first kappa shape index (κ1) is 16.4. The van der Waals surface area contributed by atoms with Gasteiger partial charge in [0, 0.05) is 13.0 Å². The lowest BCUT2D eigenvalue weighted by molar-refractivity contribution is -0.128. The third-order valence-electron chi connectivity index (χ3n) is 4.26. The molecule has 1 aliphatic rings. The van der Waals surface area contributed by atoms with Crippen molar-refractivity contribution in [3.05, 3.63) is 0 Å². The summed E-state index contributed by atoms with van der Waals surface area (Å²) < 4.78 is 5.92. The van der Waals surface area contributed by atoms with Crippen molar-refractivity contribution < 1.29 is 9.53 Å². The van der Waals surface area contributed by atoms with Crippen LogP contribution >= 0.6 is 0 Å². The molecule has 0 spiro atoms. The summed E-state index contributed by atoms with van der Waals surface area (Å²) >= 11 is 0. The first-order valence-electron chi connectivity index (χ1n) is 7.75. The summed E-state index contributed by atoms with van der Waals surface area (Å²) in [5, 5.41) is 3.11. The summed E-state index contributed by atoms with van der Waals surface area (Å²) in [5.41, 5.74) is 4.98. The SMILES string of the molecule is CCCCCCCOC1CCCC(NC)(C(N)=O)C1. The van der Waals surface area contributed by atoms with Crippen LogP contribution < -0.4 is 11.1 Å². The Morgan fingerprint density at radius 3 is 2.74 bits per heavy atom. The number of nitrogens with one attached hydrogen (secondary N) is 1. The summed E-state index contributed by atoms with van der Waals surface area (Å²) in [4.78, 5) is 11.6. The van der Waals surface area contributed by atoms with Gasteiger partial charge in [0.2, 0.25) is 5.91 Å². The highest BCUT2D eigenvalue weighted by Gasteiger charge is 2.40. The Morgan fingerprint density at radius 1 is 1.37 bits per heavy atom. The van der Waals surface area contributed by atoms with Gasteiger partial charge in [-0.1, -0.05) is 32.6 Å². The second-order valence-corrected chi connectivity index (χ2v) is 5.70. The van der Waals surface area contributed by atoms with Gasteiger partial charge < -0.3 is 15.8 Å². The van der Waals surface area contributed by atoms with E-state index >= 15 is 0 Å². The number of primary amides is 1. The number of amides is 1. The second-order valence-electron chi connectivity index (χ2n) is 5.70. The van der Waals surface area contributed by atoms with Gasteiger partial charge in [0.25, 0.3) is 0 Å². The van der Waals surface area contributed by atoms with Gasteiger partial charge in [0.15, 0.2) is 0 Å². The summed E-state index contributed by atoms with van der Waals surface area (Å²) in [7, 11) is 1.82. The number of ether oxygens (including phenoxy) is 1. The van der Waals surface area contributed by atoms with E-state index in [4.69, 9.17) is 10.5 Å². The van der Waals surface area contributed by atoms with Crippen molar-refractivity contribution in [2.75, 3.05) is 13.7 Å². The molecule has 0 radical (unpaired) electrons. The van der Waals surface area contributed by atoms with Crippen molar-refractivity contribution >= 4 is 5.91 Å². The van der Waals surface area contributed by atoms with Gasteiger partial charge in [0.1, 0.15) is 0 Å². The largest absolute Gasteiger partial charge is 0.378 e. The highest BCUT2D eigenvalue weighted by molar-refractivity contribution is 5.84. The predicted molar refractivity (Wildman–Crippen MR) is 78.0 cm³/mol. The minimum atomic E-state index is -0.550. The minimum Gasteiger partial charge on any atom is -0.378 e. The fourth-order valence-electron chi connectivity index (χ4n) is 2.90. The standard InChI is InChI=1S/C15H30N2O2/c1-3-4-5-6-7-11-19-13-9-8-10-15(12-13,17-2)14(16)18/h13,17H,3-12H2,1-2H3,(H2,16,18). The minimum absolute atomic E-state index is 0.180. The van der Waals surface area contributed by atoms with Crippen molar-refractivity contribution in [3.8, 4) is 0 Å². The van der Waals surface area contributed by atoms with E-state index in [-0.39, 0.29) is 12.0 Å². The van der Waals surface area contributed by atoms with Gasteiger partial charge in [-0.15, -0.1) is 0 Å². The molecule has 0 aliphatic heterocycles. The summed E-state index contributed by atoms with van der Waals surface area (Å²) in [5.74, 6) is -0.244. The summed E-state index contributed by atoms with van der Waals surface area (Å²) in [6.45, 7) is 3.03. The fourth-order valence-corrected chi connectivity index (χ4v) is 2.90. The van der Waals surface area contributed by atoms with E-state index in [0.717, 1.165) is 32.3 Å². The van der Waals surface area contributed by atoms with E-state index < -0.39 is 5.54 Å². The van der Waals surface area contributed by atoms with E-state index in [9.17, 15) is 4.79 Å². The molecule has 0 aromatic rings. The molecule has 0 heterocycles. The molecule has 2 unspecified atom stereocenters. The Bertz CT molecular complexity index is 271. The molecule has 2 atom stereocenters. The monoisotopic (exact) mass is 270 g/mol. The van der Waals surface area contributed by atoms with Crippen LogP contribution in [0.4, 0.5) is 0 Å². The Morgan fingerprint density at radius 2 is 2.11 bits per heavy atom. The highest BCUT2D eigenvalue weighted by Crippen LogP contribution is 2.30. The molecular weight excluding hydrogens is 240 g/mol. The average molecular weight is 270 g/mol. The molecule has 1 rings (SSSR count). The number of carbonyl (C=O) groups excluding carboxylic acids is 1. The Labute approximate surface area is 117 Å². The smallest absolute Gasteiger partial charge is 0.237 e. The van der Waals surface area contributed by atoms with Crippen LogP contribution in [0.1, 0.15) is 64.7 Å². The van der Waals surface area contributed by atoms with E-state index in [1.807, 2.05) is 7.05 Å². The molecule has 1 fully saturated rings. The van der Waals surface area contributed by atoms with E-state index in [2.05, 4.69) is 12.2 Å². The van der Waals surface area contributed by atoms with Crippen molar-refractivity contribution in [2.45, 2.75) is 76.4 Å². The van der Waals surface area contributed by atoms with Gasteiger partial charge in [0.05, 0.1) is 11.6 Å². The normalized spacial score (nSPS) is 27.4. The van der Waals surface area contributed by atoms with Crippen molar-refractivity contribution in [1.82, 2.24) is 5.32 Å². The van der Waals surface area contributed by atoms with Crippen LogP contribution in [0.25, 0.3) is 0 Å². The lowest BCUT2D eigenvalue weighted by Gasteiger charge is -2.38. The summed E-state index contributed by atoms with van der Waals surface area (Å²) in [6, 6.07) is 0. The molecule has 0 aromatic heterocycles. The Balaban J connectivity index is 2.25. The van der Waals surface area contributed by atoms with E-state index in [1.54, 1.807) is 0 Å². The number of rotatable bonds is 9. The number of hydrogen-bond donors (Lipinski definition) is 2. The van der Waals surface area contributed by atoms with Gasteiger partial charge in [-0.3, -0.25) is 4.79 Å². The number of likely N-dealkylation sites (N-methyl/N-ethyl adjacent to an activating group) is 1. The average Bonchev–Trinajstić information content (AvgIpc) is 2.42. The van der Waals surface area contributed by atoms with Gasteiger partial charge in [-0.25, -0.2) is 0 Å². The van der Waals surface area contributed by atoms with Crippen molar-refractivity contribution in [2.24, 2.45) is 5.73 Å². The zero-order valence-electron chi connectivity index (χ0n) is 12.5. The topological polar surface area (TPSA) is 64.3 Å². The Kier molecular flexibility index (Phi) is 7.39. The lowest BCUT2D eigenvalue weighted by atomic mass is 9.79. The molecule has 3 N–H and O–H groups in total. The number of nitrogens with two attached hydrogens (primary N) is 1. The molecule has 19 heavy (non-hydrogen) atoms. The quantitative estimate of drug-likeness (QED) is 0.632. The van der Waals surface area contributed by atoms with Crippen LogP contribution in [0.2, 0.25) is 0 Å². The third kappa shape index (κ3) is 5.11. The lowest BCUT2D eigenvalue weighted by Crippen LogP contribution is -2.57. The van der Waals surface area contributed by atoms with Crippen molar-refractivity contribution in [3.63, 3.8) is 0 Å². The molecular formula is C15H30N2O2. The van der Waals surface area contributed by atoms with E-state index in [1.165, 1.54) is 25.7 Å². The van der Waals surface area contributed by atoms with Gasteiger partial charge >= 0.3 is 0 Å². The maximum absolute atomic E-state index is 11.6. The Hall–Kier alpha value is -0.610. The van der Waals surface area contributed by atoms with Crippen LogP contribution in [-0.4, -0.2) is 31.2 Å². The molecule has 1 saturated carbocycles. The molecule has 1 amide bonds. The maximum atomic E-state index is 11.6. The van der Waals surface area contributed by atoms with Crippen LogP contribution in [0.3, 0.4) is 0 Å². The molecule has 0 bridgehead atoms. The second kappa shape index (κ2) is 8.54. The maximum Gasteiger partial charge on any atom is 0.237 e. The predicted octanol–water partition coefficient (Wildman–Crippen LogP) is 2.36. The third-order valence-corrected chi connectivity index (χ3v) is 4.26. The van der Waals surface area contributed by atoms with Crippen molar-refractivity contribution in [1.29, 1.82) is 0 Å². The zero-order chi connectivity index (χ0) is 14.1. The molecule has 4 nitrogen and oxygen atoms in total. The number of carbonyl (C=O) groups is 1.